The fourth-order valence-corrected chi connectivity index (χ4v) is 4.84. The quantitative estimate of drug-likeness (QED) is 0.346. The first-order chi connectivity index (χ1) is 17.0. The third kappa shape index (κ3) is 4.55. The number of thiocarbonyl (C=S) groups is 1. The molecule has 4 aromatic rings. The Bertz CT molecular complexity index is 1350. The minimum Gasteiger partial charge on any atom is -0.351 e. The minimum absolute atomic E-state index is 0.00504. The summed E-state index contributed by atoms with van der Waals surface area (Å²) in [6.45, 7) is 3.84. The van der Waals surface area contributed by atoms with Crippen LogP contribution in [0.25, 0.3) is 5.69 Å². The van der Waals surface area contributed by atoms with Crippen molar-refractivity contribution >= 4 is 34.6 Å². The van der Waals surface area contributed by atoms with E-state index in [2.05, 4.69) is 61.7 Å². The van der Waals surface area contributed by atoms with Gasteiger partial charge in [-0.05, 0) is 78.8 Å². The lowest BCUT2D eigenvalue weighted by molar-refractivity contribution is -0.115. The van der Waals surface area contributed by atoms with Crippen LogP contribution in [0.1, 0.15) is 42.2 Å². The topological polar surface area (TPSA) is 62.2 Å². The number of para-hydroxylation sites is 1. The molecular weight excluding hydrogens is 454 g/mol. The number of rotatable bonds is 6. The first-order valence-electron chi connectivity index (χ1n) is 11.7. The van der Waals surface area contributed by atoms with E-state index >= 15 is 0 Å². The van der Waals surface area contributed by atoms with Crippen molar-refractivity contribution in [2.75, 3.05) is 10.2 Å². The maximum Gasteiger partial charge on any atom is 0.224 e. The fourth-order valence-electron chi connectivity index (χ4n) is 4.50. The van der Waals surface area contributed by atoms with Gasteiger partial charge >= 0.3 is 0 Å². The van der Waals surface area contributed by atoms with E-state index < -0.39 is 0 Å². The van der Waals surface area contributed by atoms with Crippen molar-refractivity contribution < 1.29 is 4.79 Å². The lowest BCUT2D eigenvalue weighted by Crippen LogP contribution is -2.29. The van der Waals surface area contributed by atoms with E-state index in [4.69, 9.17) is 12.2 Å². The summed E-state index contributed by atoms with van der Waals surface area (Å²) >= 11 is 5.85. The standard InChI is InChI=1S/C28H27N5OS/c1-3-25(34)30-23-13-12-22(17-19(23)2)33-27(26(31-28(33)35)24-11-7-8-15-29-24)20-14-16-32(18-20)21-9-5-4-6-10-21/h4-18,26-27H,3H2,1-2H3,(H,30,34)(H,31,35). The molecule has 2 aromatic carbocycles. The van der Waals surface area contributed by atoms with Crippen molar-refractivity contribution in [1.82, 2.24) is 14.9 Å². The fraction of sp³-hybridized carbons (Fsp3) is 0.179. The van der Waals surface area contributed by atoms with Crippen LogP contribution in [0.4, 0.5) is 11.4 Å². The van der Waals surface area contributed by atoms with Crippen molar-refractivity contribution in [3.05, 3.63) is 108 Å². The molecule has 7 heteroatoms. The number of nitrogens with zero attached hydrogens (tertiary/aromatic N) is 3. The second-order valence-electron chi connectivity index (χ2n) is 8.59. The third-order valence-corrected chi connectivity index (χ3v) is 6.61. The molecule has 3 heterocycles. The number of pyridine rings is 1. The number of hydrogen-bond acceptors (Lipinski definition) is 3. The zero-order chi connectivity index (χ0) is 24.4. The third-order valence-electron chi connectivity index (χ3n) is 6.29. The van der Waals surface area contributed by atoms with Gasteiger partial charge in [-0.2, -0.15) is 0 Å². The van der Waals surface area contributed by atoms with Crippen molar-refractivity contribution in [2.24, 2.45) is 0 Å². The Morgan fingerprint density at radius 3 is 2.57 bits per heavy atom. The number of carbonyl (C=O) groups excluding carboxylic acids is 1. The molecule has 0 radical (unpaired) electrons. The Labute approximate surface area is 210 Å². The lowest BCUT2D eigenvalue weighted by atomic mass is 9.98. The molecular formula is C28H27N5OS. The Morgan fingerprint density at radius 2 is 1.86 bits per heavy atom. The average Bonchev–Trinajstić information content (AvgIpc) is 3.51. The van der Waals surface area contributed by atoms with Gasteiger partial charge in [-0.1, -0.05) is 31.2 Å². The number of aromatic nitrogens is 2. The maximum absolute atomic E-state index is 11.9. The molecule has 0 aliphatic carbocycles. The van der Waals surface area contributed by atoms with E-state index in [0.717, 1.165) is 33.9 Å². The average molecular weight is 482 g/mol. The van der Waals surface area contributed by atoms with Crippen LogP contribution in [-0.4, -0.2) is 20.6 Å². The molecule has 1 fully saturated rings. The van der Waals surface area contributed by atoms with Crippen molar-refractivity contribution in [3.63, 3.8) is 0 Å². The molecule has 1 saturated heterocycles. The maximum atomic E-state index is 11.9. The normalized spacial score (nSPS) is 17.3. The van der Waals surface area contributed by atoms with Gasteiger partial charge in [0.05, 0.1) is 17.8 Å². The van der Waals surface area contributed by atoms with Gasteiger partial charge in [0.2, 0.25) is 5.91 Å². The molecule has 0 spiro atoms. The summed E-state index contributed by atoms with van der Waals surface area (Å²) in [7, 11) is 0. The van der Waals surface area contributed by atoms with Gasteiger partial charge in [-0.25, -0.2) is 0 Å². The van der Waals surface area contributed by atoms with Crippen molar-refractivity contribution in [2.45, 2.75) is 32.4 Å². The molecule has 35 heavy (non-hydrogen) atoms. The molecule has 1 aliphatic rings. The van der Waals surface area contributed by atoms with E-state index in [0.29, 0.717) is 11.5 Å². The van der Waals surface area contributed by atoms with Crippen molar-refractivity contribution in [3.8, 4) is 5.69 Å². The number of aryl methyl sites for hydroxylation is 1. The highest BCUT2D eigenvalue weighted by atomic mass is 32.1. The number of nitrogens with one attached hydrogen (secondary N) is 2. The van der Waals surface area contributed by atoms with Gasteiger partial charge < -0.3 is 20.1 Å². The minimum atomic E-state index is -0.116. The van der Waals surface area contributed by atoms with Crippen LogP contribution >= 0.6 is 12.2 Å². The van der Waals surface area contributed by atoms with Gasteiger partial charge in [0.15, 0.2) is 5.11 Å². The molecule has 2 atom stereocenters. The van der Waals surface area contributed by atoms with Crippen LogP contribution in [-0.2, 0) is 4.79 Å². The van der Waals surface area contributed by atoms with Crippen LogP contribution < -0.4 is 15.5 Å². The molecule has 2 unspecified atom stereocenters. The van der Waals surface area contributed by atoms with E-state index in [1.165, 1.54) is 0 Å². The van der Waals surface area contributed by atoms with Crippen LogP contribution in [0, 0.1) is 6.92 Å². The largest absolute Gasteiger partial charge is 0.351 e. The number of benzene rings is 2. The van der Waals surface area contributed by atoms with Crippen molar-refractivity contribution in [1.29, 1.82) is 0 Å². The smallest absolute Gasteiger partial charge is 0.224 e. The Morgan fingerprint density at radius 1 is 1.06 bits per heavy atom. The zero-order valence-electron chi connectivity index (χ0n) is 19.7. The van der Waals surface area contributed by atoms with E-state index in [-0.39, 0.29) is 18.0 Å². The highest BCUT2D eigenvalue weighted by Gasteiger charge is 2.41. The summed E-state index contributed by atoms with van der Waals surface area (Å²) in [5.41, 5.74) is 5.91. The molecule has 1 aliphatic heterocycles. The SMILES string of the molecule is CCC(=O)Nc1ccc(N2C(=S)NC(c3ccccn3)C2c2ccn(-c3ccccc3)c2)cc1C. The van der Waals surface area contributed by atoms with Crippen LogP contribution in [0.3, 0.4) is 0 Å². The summed E-state index contributed by atoms with van der Waals surface area (Å²) in [5.74, 6) is -0.00504. The molecule has 176 valence electrons. The molecule has 1 amide bonds. The van der Waals surface area contributed by atoms with Gasteiger partial charge in [0.25, 0.3) is 0 Å². The van der Waals surface area contributed by atoms with Gasteiger partial charge in [0, 0.05) is 42.1 Å². The van der Waals surface area contributed by atoms with E-state index in [9.17, 15) is 4.79 Å². The predicted molar refractivity (Wildman–Crippen MR) is 144 cm³/mol. The second kappa shape index (κ2) is 9.72. The second-order valence-corrected chi connectivity index (χ2v) is 8.97. The molecule has 2 aromatic heterocycles. The molecule has 0 bridgehead atoms. The Kier molecular flexibility index (Phi) is 6.33. The monoisotopic (exact) mass is 481 g/mol. The predicted octanol–water partition coefficient (Wildman–Crippen LogP) is 5.71. The summed E-state index contributed by atoms with van der Waals surface area (Å²) in [6, 6.07) is 24.1. The van der Waals surface area contributed by atoms with Gasteiger partial charge in [-0.3, -0.25) is 9.78 Å². The van der Waals surface area contributed by atoms with E-state index in [1.807, 2.05) is 68.6 Å². The first kappa shape index (κ1) is 22.8. The molecule has 0 saturated carbocycles. The van der Waals surface area contributed by atoms with Crippen LogP contribution in [0.15, 0.2) is 91.4 Å². The molecule has 6 nitrogen and oxygen atoms in total. The summed E-state index contributed by atoms with van der Waals surface area (Å²) < 4.78 is 2.12. The van der Waals surface area contributed by atoms with Gasteiger partial charge in [-0.15, -0.1) is 0 Å². The molecule has 2 N–H and O–H groups in total. The highest BCUT2D eigenvalue weighted by molar-refractivity contribution is 7.80. The number of anilines is 2. The summed E-state index contributed by atoms with van der Waals surface area (Å²) in [5, 5.41) is 7.12. The van der Waals surface area contributed by atoms with E-state index in [1.54, 1.807) is 0 Å². The summed E-state index contributed by atoms with van der Waals surface area (Å²) in [6.07, 6.45) is 6.48. The number of carbonyl (C=O) groups is 1. The highest BCUT2D eigenvalue weighted by Crippen LogP contribution is 2.42. The van der Waals surface area contributed by atoms with Crippen LogP contribution in [0.2, 0.25) is 0 Å². The molecule has 5 rings (SSSR count). The first-order valence-corrected chi connectivity index (χ1v) is 12.1. The van der Waals surface area contributed by atoms with Gasteiger partial charge in [0.1, 0.15) is 0 Å². The zero-order valence-corrected chi connectivity index (χ0v) is 20.5. The summed E-state index contributed by atoms with van der Waals surface area (Å²) in [4.78, 5) is 18.7. The number of hydrogen-bond donors (Lipinski definition) is 2. The number of amides is 1. The Balaban J connectivity index is 1.56. The lowest BCUT2D eigenvalue weighted by Gasteiger charge is -2.28. The van der Waals surface area contributed by atoms with Crippen LogP contribution in [0.5, 0.6) is 0 Å². The Hall–Kier alpha value is -3.97.